The van der Waals surface area contributed by atoms with E-state index in [9.17, 15) is 0 Å². The first-order valence-electron chi connectivity index (χ1n) is 7.95. The van der Waals surface area contributed by atoms with Crippen molar-refractivity contribution in [2.45, 2.75) is 65.6 Å². The predicted molar refractivity (Wildman–Crippen MR) is 87.0 cm³/mol. The molecule has 0 spiro atoms. The Kier molecular flexibility index (Phi) is 5.28. The van der Waals surface area contributed by atoms with Crippen LogP contribution < -0.4 is 10.1 Å². The number of aryl methyl sites for hydroxylation is 2. The lowest BCUT2D eigenvalue weighted by atomic mass is 10.0. The number of nitrogens with one attached hydrogen (secondary N) is 1. The average molecular weight is 291 g/mol. The van der Waals surface area contributed by atoms with Gasteiger partial charge in [-0.3, -0.25) is 0 Å². The molecule has 1 saturated heterocycles. The number of hydrogen-bond donors (Lipinski definition) is 1. The van der Waals surface area contributed by atoms with Crippen LogP contribution in [-0.4, -0.2) is 24.9 Å². The molecule has 3 nitrogen and oxygen atoms in total. The Labute approximate surface area is 129 Å². The fraction of sp³-hybridized carbons (Fsp3) is 0.667. The minimum Gasteiger partial charge on any atom is -0.490 e. The van der Waals surface area contributed by atoms with Gasteiger partial charge in [-0.2, -0.15) is 0 Å². The molecule has 118 valence electrons. The van der Waals surface area contributed by atoms with Gasteiger partial charge in [-0.15, -0.1) is 0 Å². The Hall–Kier alpha value is -1.06. The van der Waals surface area contributed by atoms with Crippen molar-refractivity contribution in [3.8, 4) is 5.75 Å². The molecular weight excluding hydrogens is 262 g/mol. The highest BCUT2D eigenvalue weighted by atomic mass is 16.5. The molecule has 0 aromatic heterocycles. The van der Waals surface area contributed by atoms with Crippen LogP contribution in [0.2, 0.25) is 0 Å². The van der Waals surface area contributed by atoms with Crippen LogP contribution in [0.5, 0.6) is 5.75 Å². The quantitative estimate of drug-likeness (QED) is 0.896. The zero-order chi connectivity index (χ0) is 15.5. The lowest BCUT2D eigenvalue weighted by molar-refractivity contribution is 0.0675. The predicted octanol–water partition coefficient (Wildman–Crippen LogP) is 3.75. The number of rotatable bonds is 5. The monoisotopic (exact) mass is 291 g/mol. The van der Waals surface area contributed by atoms with Crippen LogP contribution in [0.15, 0.2) is 12.1 Å². The van der Waals surface area contributed by atoms with Gasteiger partial charge in [0.1, 0.15) is 12.4 Å². The van der Waals surface area contributed by atoms with Crippen LogP contribution in [-0.2, 0) is 11.3 Å². The summed E-state index contributed by atoms with van der Waals surface area (Å²) in [7, 11) is 0. The molecule has 1 aliphatic rings. The van der Waals surface area contributed by atoms with Crippen LogP contribution in [0.3, 0.4) is 0 Å². The highest BCUT2D eigenvalue weighted by Crippen LogP contribution is 2.26. The summed E-state index contributed by atoms with van der Waals surface area (Å²) in [6.45, 7) is 13.2. The largest absolute Gasteiger partial charge is 0.490 e. The van der Waals surface area contributed by atoms with E-state index in [1.165, 1.54) is 16.7 Å². The van der Waals surface area contributed by atoms with E-state index in [1.807, 2.05) is 0 Å². The Morgan fingerprint density at radius 2 is 1.90 bits per heavy atom. The summed E-state index contributed by atoms with van der Waals surface area (Å²) in [5.74, 6) is 1.02. The highest BCUT2D eigenvalue weighted by molar-refractivity contribution is 5.43. The van der Waals surface area contributed by atoms with Gasteiger partial charge in [0.05, 0.1) is 6.10 Å². The molecule has 1 aromatic carbocycles. The molecule has 1 aromatic rings. The molecule has 1 heterocycles. The van der Waals surface area contributed by atoms with Crippen LogP contribution >= 0.6 is 0 Å². The third-order valence-electron chi connectivity index (χ3n) is 3.78. The van der Waals surface area contributed by atoms with E-state index in [4.69, 9.17) is 9.47 Å². The van der Waals surface area contributed by atoms with Gasteiger partial charge in [0.2, 0.25) is 0 Å². The van der Waals surface area contributed by atoms with Gasteiger partial charge < -0.3 is 14.8 Å². The van der Waals surface area contributed by atoms with E-state index in [0.717, 1.165) is 31.7 Å². The van der Waals surface area contributed by atoms with Crippen LogP contribution in [0, 0.1) is 13.8 Å². The molecule has 1 unspecified atom stereocenters. The topological polar surface area (TPSA) is 30.5 Å². The molecule has 3 heteroatoms. The van der Waals surface area contributed by atoms with E-state index >= 15 is 0 Å². The molecule has 2 rings (SSSR count). The lowest BCUT2D eigenvalue weighted by Gasteiger charge is -2.22. The maximum atomic E-state index is 6.01. The zero-order valence-corrected chi connectivity index (χ0v) is 14.1. The summed E-state index contributed by atoms with van der Waals surface area (Å²) in [6.07, 6.45) is 2.54. The van der Waals surface area contributed by atoms with Crippen LogP contribution in [0.25, 0.3) is 0 Å². The first-order valence-corrected chi connectivity index (χ1v) is 7.95. The summed E-state index contributed by atoms with van der Waals surface area (Å²) < 4.78 is 11.6. The summed E-state index contributed by atoms with van der Waals surface area (Å²) in [5, 5.41) is 3.53. The summed E-state index contributed by atoms with van der Waals surface area (Å²) in [6, 6.07) is 4.44. The first-order chi connectivity index (χ1) is 9.85. The molecular formula is C18H29NO2. The van der Waals surface area contributed by atoms with Crippen LogP contribution in [0.4, 0.5) is 0 Å². The van der Waals surface area contributed by atoms with Gasteiger partial charge in [-0.1, -0.05) is 12.1 Å². The molecule has 0 saturated carbocycles. The Morgan fingerprint density at radius 3 is 2.43 bits per heavy atom. The second-order valence-electron chi connectivity index (χ2n) is 7.11. The molecule has 1 aliphatic heterocycles. The Morgan fingerprint density at radius 1 is 1.24 bits per heavy atom. The standard InChI is InChI=1S/C18H29NO2/c1-13-9-15(11-19-18(3,4)5)10-14(2)17(13)21-12-16-7-6-8-20-16/h9-10,16,19H,6-8,11-12H2,1-5H3. The summed E-state index contributed by atoms with van der Waals surface area (Å²) >= 11 is 0. The maximum Gasteiger partial charge on any atom is 0.125 e. The second kappa shape index (κ2) is 6.80. The molecule has 0 bridgehead atoms. The molecule has 1 atom stereocenters. The van der Waals surface area contributed by atoms with Crippen molar-refractivity contribution in [3.05, 3.63) is 28.8 Å². The molecule has 0 radical (unpaired) electrons. The maximum absolute atomic E-state index is 6.01. The fourth-order valence-electron chi connectivity index (χ4n) is 2.69. The van der Waals surface area contributed by atoms with Gasteiger partial charge in [-0.25, -0.2) is 0 Å². The van der Waals surface area contributed by atoms with E-state index in [2.05, 4.69) is 52.1 Å². The number of ether oxygens (including phenoxy) is 2. The molecule has 1 N–H and O–H groups in total. The molecule has 0 aliphatic carbocycles. The van der Waals surface area contributed by atoms with Gasteiger partial charge in [0.15, 0.2) is 0 Å². The van der Waals surface area contributed by atoms with E-state index in [0.29, 0.717) is 6.61 Å². The molecule has 0 amide bonds. The van der Waals surface area contributed by atoms with E-state index in [-0.39, 0.29) is 11.6 Å². The zero-order valence-electron chi connectivity index (χ0n) is 14.1. The van der Waals surface area contributed by atoms with Gasteiger partial charge in [0, 0.05) is 18.7 Å². The number of benzene rings is 1. The van der Waals surface area contributed by atoms with Crippen molar-refractivity contribution in [1.82, 2.24) is 5.32 Å². The van der Waals surface area contributed by atoms with Crippen LogP contribution in [0.1, 0.15) is 50.3 Å². The summed E-state index contributed by atoms with van der Waals surface area (Å²) in [4.78, 5) is 0. The SMILES string of the molecule is Cc1cc(CNC(C)(C)C)cc(C)c1OCC1CCCO1. The van der Waals surface area contributed by atoms with Crippen molar-refractivity contribution >= 4 is 0 Å². The van der Waals surface area contributed by atoms with Gasteiger partial charge in [-0.05, 0) is 64.2 Å². The van der Waals surface area contributed by atoms with Crippen molar-refractivity contribution in [1.29, 1.82) is 0 Å². The smallest absolute Gasteiger partial charge is 0.125 e. The minimum absolute atomic E-state index is 0.136. The average Bonchev–Trinajstić information content (AvgIpc) is 2.87. The highest BCUT2D eigenvalue weighted by Gasteiger charge is 2.17. The van der Waals surface area contributed by atoms with Crippen molar-refractivity contribution in [2.75, 3.05) is 13.2 Å². The van der Waals surface area contributed by atoms with Crippen molar-refractivity contribution < 1.29 is 9.47 Å². The molecule has 1 fully saturated rings. The van der Waals surface area contributed by atoms with Gasteiger partial charge >= 0.3 is 0 Å². The minimum atomic E-state index is 0.136. The van der Waals surface area contributed by atoms with E-state index < -0.39 is 0 Å². The van der Waals surface area contributed by atoms with Crippen molar-refractivity contribution in [3.63, 3.8) is 0 Å². The van der Waals surface area contributed by atoms with Crippen molar-refractivity contribution in [2.24, 2.45) is 0 Å². The first kappa shape index (κ1) is 16.3. The summed E-state index contributed by atoms with van der Waals surface area (Å²) in [5.41, 5.74) is 3.86. The normalized spacial score (nSPS) is 19.0. The Balaban J connectivity index is 1.99. The lowest BCUT2D eigenvalue weighted by Crippen LogP contribution is -2.35. The number of hydrogen-bond acceptors (Lipinski definition) is 3. The second-order valence-corrected chi connectivity index (χ2v) is 7.11. The van der Waals surface area contributed by atoms with E-state index in [1.54, 1.807) is 0 Å². The third-order valence-corrected chi connectivity index (χ3v) is 3.78. The van der Waals surface area contributed by atoms with Gasteiger partial charge in [0.25, 0.3) is 0 Å². The fourth-order valence-corrected chi connectivity index (χ4v) is 2.69. The third kappa shape index (κ3) is 5.01. The molecule has 21 heavy (non-hydrogen) atoms. The Bertz CT molecular complexity index is 448.